The highest BCUT2D eigenvalue weighted by Gasteiger charge is 2.17. The summed E-state index contributed by atoms with van der Waals surface area (Å²) in [6.45, 7) is 5.12. The van der Waals surface area contributed by atoms with Crippen LogP contribution in [0.25, 0.3) is 0 Å². The van der Waals surface area contributed by atoms with Crippen molar-refractivity contribution in [2.45, 2.75) is 71.4 Å². The highest BCUT2D eigenvalue weighted by atomic mass is 32.2. The maximum atomic E-state index is 13.4. The average Bonchev–Trinajstić information content (AvgIpc) is 2.81. The molecule has 0 aliphatic rings. The molecule has 2 aromatic rings. The molecule has 0 saturated carbocycles. The van der Waals surface area contributed by atoms with Gasteiger partial charge < -0.3 is 10.6 Å². The van der Waals surface area contributed by atoms with Crippen molar-refractivity contribution in [3.8, 4) is 0 Å². The van der Waals surface area contributed by atoms with Crippen LogP contribution in [0.2, 0.25) is 0 Å². The molecule has 0 heterocycles. The van der Waals surface area contributed by atoms with E-state index in [1.165, 1.54) is 17.7 Å². The fourth-order valence-electron chi connectivity index (χ4n) is 3.80. The maximum Gasteiger partial charge on any atom is 0.223 e. The zero-order valence-corrected chi connectivity index (χ0v) is 21.2. The molecule has 7 heteroatoms. The van der Waals surface area contributed by atoms with E-state index in [0.717, 1.165) is 30.9 Å². The van der Waals surface area contributed by atoms with Crippen molar-refractivity contribution in [3.63, 3.8) is 0 Å². The number of nitrogens with zero attached hydrogens (tertiary/aromatic N) is 1. The molecule has 2 atom stereocenters. The molecule has 1 amide bonds. The second kappa shape index (κ2) is 15.0. The SMILES string of the molecule is CCCCS(=O)CCC(=O)N(CC[C@@H](N)CCc1cc(F)cc(F)c1)Cc1cccc(CC)c1. The summed E-state index contributed by atoms with van der Waals surface area (Å²) in [5, 5.41) is 0. The van der Waals surface area contributed by atoms with Gasteiger partial charge in [-0.3, -0.25) is 9.00 Å². The lowest BCUT2D eigenvalue weighted by Gasteiger charge is -2.25. The molecule has 2 aromatic carbocycles. The van der Waals surface area contributed by atoms with Gasteiger partial charge >= 0.3 is 0 Å². The summed E-state index contributed by atoms with van der Waals surface area (Å²) in [6.07, 6.45) is 4.68. The molecule has 0 fully saturated rings. The van der Waals surface area contributed by atoms with Gasteiger partial charge in [0.05, 0.1) is 0 Å². The van der Waals surface area contributed by atoms with E-state index in [0.29, 0.717) is 49.4 Å². The fourth-order valence-corrected chi connectivity index (χ4v) is 5.02. The van der Waals surface area contributed by atoms with Gasteiger partial charge in [0.1, 0.15) is 11.6 Å². The van der Waals surface area contributed by atoms with Gasteiger partial charge in [-0.25, -0.2) is 8.78 Å². The summed E-state index contributed by atoms with van der Waals surface area (Å²) in [5.41, 5.74) is 9.14. The highest BCUT2D eigenvalue weighted by molar-refractivity contribution is 7.84. The van der Waals surface area contributed by atoms with Crippen molar-refractivity contribution in [3.05, 3.63) is 70.8 Å². The molecule has 34 heavy (non-hydrogen) atoms. The van der Waals surface area contributed by atoms with Gasteiger partial charge in [-0.15, -0.1) is 0 Å². The smallest absolute Gasteiger partial charge is 0.223 e. The van der Waals surface area contributed by atoms with Gasteiger partial charge in [0.15, 0.2) is 0 Å². The zero-order chi connectivity index (χ0) is 24.9. The van der Waals surface area contributed by atoms with Gasteiger partial charge in [-0.2, -0.15) is 0 Å². The van der Waals surface area contributed by atoms with Crippen LogP contribution in [0.5, 0.6) is 0 Å². The van der Waals surface area contributed by atoms with E-state index in [2.05, 4.69) is 26.0 Å². The Morgan fingerprint density at radius 1 is 1.00 bits per heavy atom. The molecular formula is C27H38F2N2O2S. The van der Waals surface area contributed by atoms with E-state index in [9.17, 15) is 17.8 Å². The molecular weight excluding hydrogens is 454 g/mol. The molecule has 0 bridgehead atoms. The number of carbonyl (C=O) groups is 1. The fraction of sp³-hybridized carbons (Fsp3) is 0.519. The number of nitrogens with two attached hydrogens (primary N) is 1. The third kappa shape index (κ3) is 10.4. The van der Waals surface area contributed by atoms with Crippen LogP contribution in [0.4, 0.5) is 8.78 Å². The quantitative estimate of drug-likeness (QED) is 0.374. The van der Waals surface area contributed by atoms with Crippen molar-refractivity contribution in [1.82, 2.24) is 4.90 Å². The van der Waals surface area contributed by atoms with E-state index in [-0.39, 0.29) is 18.4 Å². The Labute approximate surface area is 205 Å². The maximum absolute atomic E-state index is 13.4. The molecule has 0 saturated heterocycles. The predicted octanol–water partition coefficient (Wildman–Crippen LogP) is 5.14. The van der Waals surface area contributed by atoms with Crippen LogP contribution in [-0.4, -0.2) is 39.1 Å². The topological polar surface area (TPSA) is 63.4 Å². The average molecular weight is 493 g/mol. The summed E-state index contributed by atoms with van der Waals surface area (Å²) in [5.74, 6) is -0.196. The summed E-state index contributed by atoms with van der Waals surface area (Å²) in [7, 11) is -0.983. The number of halogens is 2. The van der Waals surface area contributed by atoms with Crippen LogP contribution in [0, 0.1) is 11.6 Å². The molecule has 0 aliphatic heterocycles. The van der Waals surface area contributed by atoms with Crippen LogP contribution in [-0.2, 0) is 35.0 Å². The lowest BCUT2D eigenvalue weighted by Crippen LogP contribution is -2.35. The molecule has 4 nitrogen and oxygen atoms in total. The first-order valence-electron chi connectivity index (χ1n) is 12.2. The highest BCUT2D eigenvalue weighted by Crippen LogP contribution is 2.14. The van der Waals surface area contributed by atoms with E-state index in [1.807, 2.05) is 12.1 Å². The minimum atomic E-state index is -0.983. The largest absolute Gasteiger partial charge is 0.338 e. The Bertz CT molecular complexity index is 918. The Morgan fingerprint density at radius 3 is 2.38 bits per heavy atom. The minimum absolute atomic E-state index is 0.0221. The molecule has 0 aliphatic carbocycles. The minimum Gasteiger partial charge on any atom is -0.338 e. The van der Waals surface area contributed by atoms with Crippen LogP contribution < -0.4 is 5.73 Å². The first-order valence-corrected chi connectivity index (χ1v) is 13.7. The van der Waals surface area contributed by atoms with Crippen molar-refractivity contribution in [2.75, 3.05) is 18.1 Å². The number of hydrogen-bond acceptors (Lipinski definition) is 3. The number of benzene rings is 2. The molecule has 2 N–H and O–H groups in total. The Morgan fingerprint density at radius 2 is 1.71 bits per heavy atom. The number of rotatable bonds is 15. The van der Waals surface area contributed by atoms with Crippen molar-refractivity contribution in [2.24, 2.45) is 5.73 Å². The standard InChI is InChI=1S/C27H38F2N2O2S/c1-3-5-14-34(33)15-12-27(32)31(20-23-8-6-7-21(4-2)16-23)13-11-26(30)10-9-22-17-24(28)19-25(29)18-22/h6-8,16-19,26H,3-5,9-15,20,30H2,1-2H3/t26-,34?/m0/s1. The lowest BCUT2D eigenvalue weighted by molar-refractivity contribution is -0.131. The molecule has 0 spiro atoms. The summed E-state index contributed by atoms with van der Waals surface area (Å²) >= 11 is 0. The number of amides is 1. The first-order chi connectivity index (χ1) is 16.3. The van der Waals surface area contributed by atoms with Gasteiger partial charge in [-0.1, -0.05) is 44.5 Å². The molecule has 188 valence electrons. The van der Waals surface area contributed by atoms with E-state index in [4.69, 9.17) is 5.73 Å². The molecule has 0 radical (unpaired) electrons. The van der Waals surface area contributed by atoms with Gasteiger partial charge in [0.25, 0.3) is 0 Å². The summed E-state index contributed by atoms with van der Waals surface area (Å²) < 4.78 is 39.0. The van der Waals surface area contributed by atoms with Crippen LogP contribution in [0.1, 0.15) is 62.6 Å². The molecule has 2 rings (SSSR count). The van der Waals surface area contributed by atoms with Crippen LogP contribution in [0.3, 0.4) is 0 Å². The summed E-state index contributed by atoms with van der Waals surface area (Å²) in [4.78, 5) is 14.8. The second-order valence-electron chi connectivity index (χ2n) is 8.81. The monoisotopic (exact) mass is 492 g/mol. The Kier molecular flexibility index (Phi) is 12.4. The normalized spacial score (nSPS) is 13.0. The third-order valence-electron chi connectivity index (χ3n) is 5.89. The second-order valence-corrected chi connectivity index (χ2v) is 10.5. The van der Waals surface area contributed by atoms with E-state index < -0.39 is 22.4 Å². The predicted molar refractivity (Wildman–Crippen MR) is 136 cm³/mol. The van der Waals surface area contributed by atoms with E-state index >= 15 is 0 Å². The Hall–Kier alpha value is -2.12. The summed E-state index contributed by atoms with van der Waals surface area (Å²) in [6, 6.07) is 11.5. The third-order valence-corrected chi connectivity index (χ3v) is 7.29. The van der Waals surface area contributed by atoms with Gasteiger partial charge in [0, 0.05) is 53.9 Å². The van der Waals surface area contributed by atoms with Crippen LogP contribution >= 0.6 is 0 Å². The number of unbranched alkanes of at least 4 members (excludes halogenated alkanes) is 1. The zero-order valence-electron chi connectivity index (χ0n) is 20.4. The van der Waals surface area contributed by atoms with Gasteiger partial charge in [0.2, 0.25) is 5.91 Å². The van der Waals surface area contributed by atoms with Crippen molar-refractivity contribution >= 4 is 16.7 Å². The number of hydrogen-bond donors (Lipinski definition) is 1. The number of aryl methyl sites for hydroxylation is 2. The first kappa shape index (κ1) is 28.1. The van der Waals surface area contributed by atoms with Gasteiger partial charge in [-0.05, 0) is 60.9 Å². The van der Waals surface area contributed by atoms with Crippen molar-refractivity contribution in [1.29, 1.82) is 0 Å². The number of carbonyl (C=O) groups excluding carboxylic acids is 1. The van der Waals surface area contributed by atoms with E-state index in [1.54, 1.807) is 4.90 Å². The molecule has 1 unspecified atom stereocenters. The molecule has 0 aromatic heterocycles. The van der Waals surface area contributed by atoms with Crippen molar-refractivity contribution < 1.29 is 17.8 Å². The lowest BCUT2D eigenvalue weighted by atomic mass is 10.0. The van der Waals surface area contributed by atoms with Crippen LogP contribution in [0.15, 0.2) is 42.5 Å². The Balaban J connectivity index is 1.96.